The number of amides is 1. The number of rotatable bonds is 7. The van der Waals surface area contributed by atoms with E-state index in [1.165, 1.54) is 36.9 Å². The van der Waals surface area contributed by atoms with Gasteiger partial charge in [0.2, 0.25) is 5.91 Å². The molecule has 0 aliphatic carbocycles. The van der Waals surface area contributed by atoms with Crippen LogP contribution in [0.5, 0.6) is 0 Å². The summed E-state index contributed by atoms with van der Waals surface area (Å²) >= 11 is 1.41. The molecule has 2 saturated heterocycles. The van der Waals surface area contributed by atoms with Crippen LogP contribution in [0.3, 0.4) is 0 Å². The Hall–Kier alpha value is -1.83. The Morgan fingerprint density at radius 1 is 1.11 bits per heavy atom. The van der Waals surface area contributed by atoms with E-state index in [1.807, 2.05) is 0 Å². The average Bonchev–Trinajstić information content (AvgIpc) is 2.90. The lowest BCUT2D eigenvalue weighted by Gasteiger charge is -2.23. The van der Waals surface area contributed by atoms with Crippen LogP contribution in [-0.4, -0.2) is 78.7 Å². The van der Waals surface area contributed by atoms with Gasteiger partial charge in [0.15, 0.2) is 0 Å². The van der Waals surface area contributed by atoms with E-state index in [0.717, 1.165) is 45.7 Å². The second kappa shape index (κ2) is 10.6. The zero-order valence-corrected chi connectivity index (χ0v) is 17.3. The fourth-order valence-electron chi connectivity index (χ4n) is 3.63. The molecule has 1 amide bonds. The molecule has 0 spiro atoms. The first kappa shape index (κ1) is 20.9. The van der Waals surface area contributed by atoms with Gasteiger partial charge in [-0.2, -0.15) is 0 Å². The van der Waals surface area contributed by atoms with Crippen LogP contribution in [0.1, 0.15) is 18.4 Å². The van der Waals surface area contributed by atoms with Crippen molar-refractivity contribution in [2.75, 3.05) is 52.1 Å². The number of methoxy groups -OCH3 is 1. The Bertz CT molecular complexity index is 695. The predicted octanol–water partition coefficient (Wildman–Crippen LogP) is 2.17. The highest BCUT2D eigenvalue weighted by atomic mass is 32.2. The number of carbonyl (C=O) groups excluding carboxylic acids is 2. The average molecular weight is 404 g/mol. The molecule has 0 saturated carbocycles. The zero-order valence-electron chi connectivity index (χ0n) is 16.5. The van der Waals surface area contributed by atoms with Crippen molar-refractivity contribution in [1.29, 1.82) is 0 Å². The highest BCUT2D eigenvalue weighted by Crippen LogP contribution is 2.28. The summed E-state index contributed by atoms with van der Waals surface area (Å²) in [5, 5.41) is 0.710. The quantitative estimate of drug-likeness (QED) is 0.514. The molecule has 2 heterocycles. The smallest absolute Gasteiger partial charge is 0.333 e. The molecule has 6 nitrogen and oxygen atoms in total. The summed E-state index contributed by atoms with van der Waals surface area (Å²) in [6, 6.07) is 10.6. The third kappa shape index (κ3) is 6.09. The maximum atomic E-state index is 12.1. The summed E-state index contributed by atoms with van der Waals surface area (Å²) in [7, 11) is 1.35. The topological polar surface area (TPSA) is 53.1 Å². The Labute approximate surface area is 171 Å². The largest absolute Gasteiger partial charge is 0.466 e. The van der Waals surface area contributed by atoms with Crippen LogP contribution < -0.4 is 0 Å². The van der Waals surface area contributed by atoms with Gasteiger partial charge in [0, 0.05) is 26.2 Å². The third-order valence-corrected chi connectivity index (χ3v) is 6.16. The van der Waals surface area contributed by atoms with E-state index < -0.39 is 5.97 Å². The second-order valence-electron chi connectivity index (χ2n) is 7.15. The van der Waals surface area contributed by atoms with Crippen LogP contribution in [0.4, 0.5) is 0 Å². The first-order valence-electron chi connectivity index (χ1n) is 9.87. The van der Waals surface area contributed by atoms with Crippen molar-refractivity contribution in [2.24, 2.45) is 0 Å². The number of hydrogen-bond donors (Lipinski definition) is 0. The molecular weight excluding hydrogens is 374 g/mol. The highest BCUT2D eigenvalue weighted by molar-refractivity contribution is 8.04. The van der Waals surface area contributed by atoms with E-state index in [-0.39, 0.29) is 5.91 Å². The number of hydrogen-bond acceptors (Lipinski definition) is 6. The third-order valence-electron chi connectivity index (χ3n) is 5.14. The van der Waals surface area contributed by atoms with Gasteiger partial charge in [0.25, 0.3) is 0 Å². The van der Waals surface area contributed by atoms with Crippen molar-refractivity contribution in [3.63, 3.8) is 0 Å². The van der Waals surface area contributed by atoms with Crippen molar-refractivity contribution < 1.29 is 14.3 Å². The number of thioether (sulfide) groups is 1. The van der Waals surface area contributed by atoms with Crippen LogP contribution >= 0.6 is 11.8 Å². The molecule has 0 bridgehead atoms. The zero-order chi connectivity index (χ0) is 19.8. The van der Waals surface area contributed by atoms with Gasteiger partial charge in [-0.15, -0.1) is 0 Å². The monoisotopic (exact) mass is 403 g/mol. The van der Waals surface area contributed by atoms with Crippen molar-refractivity contribution >= 4 is 23.6 Å². The molecule has 0 atom stereocenters. The molecule has 0 aromatic heterocycles. The van der Waals surface area contributed by atoms with E-state index >= 15 is 0 Å². The number of ether oxygens (including phenoxy) is 1. The van der Waals surface area contributed by atoms with Gasteiger partial charge in [-0.1, -0.05) is 42.1 Å². The standard InChI is InChI=1S/C21H29N3O3S/c1-27-21(26)15-20-24(19(25)17-28-20)12-6-10-22-9-5-11-23(14-13-22)16-18-7-3-2-4-8-18/h2-4,7-8,15H,5-6,9-14,16-17H2,1H3/b20-15+. The van der Waals surface area contributed by atoms with E-state index in [1.54, 1.807) is 4.90 Å². The minimum atomic E-state index is -0.409. The number of benzene rings is 1. The SMILES string of the molecule is COC(=O)/C=C1/SCC(=O)N1CCCN1CCCN(Cc2ccccc2)CC1. The molecule has 3 rings (SSSR count). The molecule has 2 fully saturated rings. The molecule has 1 aromatic carbocycles. The Morgan fingerprint density at radius 2 is 1.86 bits per heavy atom. The molecule has 0 N–H and O–H groups in total. The molecule has 2 aliphatic heterocycles. The summed E-state index contributed by atoms with van der Waals surface area (Å²) in [6.07, 6.45) is 3.49. The summed E-state index contributed by atoms with van der Waals surface area (Å²) in [5.74, 6) is 0.0688. The summed E-state index contributed by atoms with van der Waals surface area (Å²) in [4.78, 5) is 30.3. The molecule has 7 heteroatoms. The van der Waals surface area contributed by atoms with Gasteiger partial charge in [0.05, 0.1) is 24.0 Å². The van der Waals surface area contributed by atoms with E-state index in [9.17, 15) is 9.59 Å². The van der Waals surface area contributed by atoms with Crippen LogP contribution in [0.2, 0.25) is 0 Å². The number of carbonyl (C=O) groups is 2. The van der Waals surface area contributed by atoms with Gasteiger partial charge in [-0.3, -0.25) is 9.69 Å². The molecule has 152 valence electrons. The van der Waals surface area contributed by atoms with E-state index in [2.05, 4.69) is 44.9 Å². The molecule has 0 radical (unpaired) electrons. The fraction of sp³-hybridized carbons (Fsp3) is 0.524. The summed E-state index contributed by atoms with van der Waals surface area (Å²) in [5.41, 5.74) is 1.37. The van der Waals surface area contributed by atoms with Gasteiger partial charge < -0.3 is 14.5 Å². The minimum absolute atomic E-state index is 0.0741. The minimum Gasteiger partial charge on any atom is -0.466 e. The van der Waals surface area contributed by atoms with Gasteiger partial charge in [-0.25, -0.2) is 4.79 Å². The molecule has 0 unspecified atom stereocenters. The number of nitrogens with zero attached hydrogens (tertiary/aromatic N) is 3. The molecule has 2 aliphatic rings. The fourth-order valence-corrected chi connectivity index (χ4v) is 4.58. The second-order valence-corrected chi connectivity index (χ2v) is 8.15. The van der Waals surface area contributed by atoms with Crippen molar-refractivity contribution in [2.45, 2.75) is 19.4 Å². The molecule has 1 aromatic rings. The van der Waals surface area contributed by atoms with Crippen LogP contribution in [0.25, 0.3) is 0 Å². The predicted molar refractivity (Wildman–Crippen MR) is 112 cm³/mol. The van der Waals surface area contributed by atoms with Crippen LogP contribution in [0, 0.1) is 0 Å². The van der Waals surface area contributed by atoms with Crippen LogP contribution in [-0.2, 0) is 20.9 Å². The maximum absolute atomic E-state index is 12.1. The lowest BCUT2D eigenvalue weighted by molar-refractivity contribution is -0.134. The first-order chi connectivity index (χ1) is 13.7. The van der Waals surface area contributed by atoms with Gasteiger partial charge in [-0.05, 0) is 38.0 Å². The summed E-state index contributed by atoms with van der Waals surface area (Å²) < 4.78 is 4.68. The number of esters is 1. The molecule has 28 heavy (non-hydrogen) atoms. The van der Waals surface area contributed by atoms with Crippen LogP contribution in [0.15, 0.2) is 41.4 Å². The van der Waals surface area contributed by atoms with Crippen molar-refractivity contribution in [3.05, 3.63) is 47.0 Å². The van der Waals surface area contributed by atoms with Crippen molar-refractivity contribution in [3.8, 4) is 0 Å². The Balaban J connectivity index is 1.43. The maximum Gasteiger partial charge on any atom is 0.333 e. The Kier molecular flexibility index (Phi) is 7.94. The van der Waals surface area contributed by atoms with E-state index in [4.69, 9.17) is 0 Å². The lowest BCUT2D eigenvalue weighted by atomic mass is 10.2. The Morgan fingerprint density at radius 3 is 2.64 bits per heavy atom. The van der Waals surface area contributed by atoms with Crippen molar-refractivity contribution in [1.82, 2.24) is 14.7 Å². The lowest BCUT2D eigenvalue weighted by Crippen LogP contribution is -2.33. The first-order valence-corrected chi connectivity index (χ1v) is 10.9. The normalized spacial score (nSPS) is 20.5. The van der Waals surface area contributed by atoms with E-state index in [0.29, 0.717) is 17.3 Å². The van der Waals surface area contributed by atoms with Gasteiger partial charge in [0.1, 0.15) is 0 Å². The molecular formula is C21H29N3O3S. The van der Waals surface area contributed by atoms with Gasteiger partial charge >= 0.3 is 5.97 Å². The highest BCUT2D eigenvalue weighted by Gasteiger charge is 2.27. The summed E-state index contributed by atoms with van der Waals surface area (Å²) in [6.45, 7) is 6.98.